The van der Waals surface area contributed by atoms with Crippen LogP contribution in [0, 0.1) is 13.8 Å². The van der Waals surface area contributed by atoms with E-state index < -0.39 is 0 Å². The Balaban J connectivity index is 1.46. The van der Waals surface area contributed by atoms with E-state index in [0.717, 1.165) is 50.3 Å². The van der Waals surface area contributed by atoms with Gasteiger partial charge >= 0.3 is 0 Å². The molecule has 3 aliphatic rings. The molecule has 0 saturated carbocycles. The summed E-state index contributed by atoms with van der Waals surface area (Å²) in [5.41, 5.74) is 3.38. The normalized spacial score (nSPS) is 29.8. The first-order valence-electron chi connectivity index (χ1n) is 9.81. The maximum Gasteiger partial charge on any atom is 0.254 e. The number of piperidine rings is 1. The van der Waals surface area contributed by atoms with E-state index in [0.29, 0.717) is 6.10 Å². The minimum absolute atomic E-state index is 0.207. The van der Waals surface area contributed by atoms with Crippen LogP contribution in [-0.2, 0) is 4.74 Å². The Morgan fingerprint density at radius 1 is 1.24 bits per heavy atom. The molecular formula is C21H30N2O2. The lowest BCUT2D eigenvalue weighted by Gasteiger charge is -2.57. The third kappa shape index (κ3) is 3.22. The van der Waals surface area contributed by atoms with Crippen LogP contribution in [0.4, 0.5) is 0 Å². The standard InChI is InChI=1S/C21H30N2O2/c1-16-6-7-19(17(2)13-16)20(24)22-10-4-8-21(15-22)9-11-23(21)14-18-5-3-12-25-18/h6-7,13,18H,3-5,8-12,14-15H2,1-2H3/t18-,21-/m0/s1. The first kappa shape index (κ1) is 17.0. The molecule has 3 heterocycles. The number of hydrogen-bond donors (Lipinski definition) is 0. The molecule has 1 spiro atoms. The molecule has 0 N–H and O–H groups in total. The lowest BCUT2D eigenvalue weighted by atomic mass is 9.77. The van der Waals surface area contributed by atoms with Crippen molar-refractivity contribution in [3.05, 3.63) is 34.9 Å². The summed E-state index contributed by atoms with van der Waals surface area (Å²) in [6.07, 6.45) is 6.34. The van der Waals surface area contributed by atoms with Gasteiger partial charge in [-0.15, -0.1) is 0 Å². The summed E-state index contributed by atoms with van der Waals surface area (Å²) in [5, 5.41) is 0. The van der Waals surface area contributed by atoms with Crippen molar-refractivity contribution >= 4 is 5.91 Å². The first-order chi connectivity index (χ1) is 12.1. The van der Waals surface area contributed by atoms with Crippen molar-refractivity contribution in [3.63, 3.8) is 0 Å². The third-order valence-electron chi connectivity index (χ3n) is 6.42. The van der Waals surface area contributed by atoms with E-state index in [-0.39, 0.29) is 11.4 Å². The molecule has 4 nitrogen and oxygen atoms in total. The number of hydrogen-bond acceptors (Lipinski definition) is 3. The monoisotopic (exact) mass is 342 g/mol. The molecule has 0 aromatic heterocycles. The fourth-order valence-corrected chi connectivity index (χ4v) is 4.88. The Morgan fingerprint density at radius 3 is 2.80 bits per heavy atom. The molecule has 3 fully saturated rings. The molecule has 0 unspecified atom stereocenters. The molecule has 25 heavy (non-hydrogen) atoms. The molecule has 3 saturated heterocycles. The molecule has 3 aliphatic heterocycles. The van der Waals surface area contributed by atoms with Gasteiger partial charge in [0.15, 0.2) is 0 Å². The molecule has 2 atom stereocenters. The van der Waals surface area contributed by atoms with Gasteiger partial charge in [-0.25, -0.2) is 0 Å². The van der Waals surface area contributed by atoms with Crippen LogP contribution in [0.25, 0.3) is 0 Å². The van der Waals surface area contributed by atoms with Gasteiger partial charge in [0, 0.05) is 43.9 Å². The lowest BCUT2D eigenvalue weighted by Crippen LogP contribution is -2.68. The molecule has 0 radical (unpaired) electrons. The highest BCUT2D eigenvalue weighted by atomic mass is 16.5. The zero-order valence-electron chi connectivity index (χ0n) is 15.6. The minimum Gasteiger partial charge on any atom is -0.377 e. The van der Waals surface area contributed by atoms with Crippen LogP contribution in [0.2, 0.25) is 0 Å². The number of amides is 1. The lowest BCUT2D eigenvalue weighted by molar-refractivity contribution is -0.0806. The van der Waals surface area contributed by atoms with E-state index in [9.17, 15) is 4.79 Å². The number of carbonyl (C=O) groups excluding carboxylic acids is 1. The van der Waals surface area contributed by atoms with Crippen molar-refractivity contribution in [2.24, 2.45) is 0 Å². The summed E-state index contributed by atoms with van der Waals surface area (Å²) in [6.45, 7) is 9.02. The maximum absolute atomic E-state index is 13.1. The Kier molecular flexibility index (Phi) is 4.59. The van der Waals surface area contributed by atoms with Gasteiger partial charge in [-0.2, -0.15) is 0 Å². The molecule has 136 valence electrons. The quantitative estimate of drug-likeness (QED) is 0.846. The minimum atomic E-state index is 0.207. The fourth-order valence-electron chi connectivity index (χ4n) is 4.88. The second-order valence-electron chi connectivity index (χ2n) is 8.20. The van der Waals surface area contributed by atoms with Gasteiger partial charge < -0.3 is 9.64 Å². The van der Waals surface area contributed by atoms with E-state index in [1.807, 2.05) is 19.1 Å². The third-order valence-corrected chi connectivity index (χ3v) is 6.42. The number of nitrogens with zero attached hydrogens (tertiary/aromatic N) is 2. The van der Waals surface area contributed by atoms with E-state index in [1.54, 1.807) is 0 Å². The number of carbonyl (C=O) groups is 1. The van der Waals surface area contributed by atoms with Crippen LogP contribution in [-0.4, -0.2) is 60.1 Å². The van der Waals surface area contributed by atoms with Crippen molar-refractivity contribution in [2.45, 2.75) is 57.6 Å². The van der Waals surface area contributed by atoms with Crippen molar-refractivity contribution in [3.8, 4) is 0 Å². The van der Waals surface area contributed by atoms with Crippen LogP contribution in [0.15, 0.2) is 18.2 Å². The maximum atomic E-state index is 13.1. The van der Waals surface area contributed by atoms with Gasteiger partial charge in [0.1, 0.15) is 0 Å². The fraction of sp³-hybridized carbons (Fsp3) is 0.667. The Labute approximate surface area is 151 Å². The van der Waals surface area contributed by atoms with Gasteiger partial charge in [0.2, 0.25) is 0 Å². The predicted molar refractivity (Wildman–Crippen MR) is 98.9 cm³/mol. The first-order valence-corrected chi connectivity index (χ1v) is 9.81. The second-order valence-corrected chi connectivity index (χ2v) is 8.20. The summed E-state index contributed by atoms with van der Waals surface area (Å²) >= 11 is 0. The van der Waals surface area contributed by atoms with Crippen LogP contribution in [0.1, 0.15) is 53.6 Å². The van der Waals surface area contributed by atoms with E-state index >= 15 is 0 Å². The van der Waals surface area contributed by atoms with Crippen LogP contribution in [0.5, 0.6) is 0 Å². The number of ether oxygens (including phenoxy) is 1. The van der Waals surface area contributed by atoms with Gasteiger partial charge in [-0.05, 0) is 57.6 Å². The Hall–Kier alpha value is -1.39. The Morgan fingerprint density at radius 2 is 2.12 bits per heavy atom. The van der Waals surface area contributed by atoms with Crippen molar-refractivity contribution in [1.29, 1.82) is 0 Å². The summed E-state index contributed by atoms with van der Waals surface area (Å²) in [6, 6.07) is 6.16. The van der Waals surface area contributed by atoms with Crippen LogP contribution in [0.3, 0.4) is 0 Å². The number of likely N-dealkylation sites (tertiary alicyclic amines) is 2. The Bertz CT molecular complexity index is 653. The number of benzene rings is 1. The topological polar surface area (TPSA) is 32.8 Å². The van der Waals surface area contributed by atoms with Crippen LogP contribution < -0.4 is 0 Å². The molecular weight excluding hydrogens is 312 g/mol. The molecule has 0 bridgehead atoms. The molecule has 4 heteroatoms. The highest BCUT2D eigenvalue weighted by Gasteiger charge is 2.48. The summed E-state index contributed by atoms with van der Waals surface area (Å²) in [7, 11) is 0. The summed E-state index contributed by atoms with van der Waals surface area (Å²) in [5.74, 6) is 0.209. The average Bonchev–Trinajstić information content (AvgIpc) is 3.12. The van der Waals surface area contributed by atoms with E-state index in [4.69, 9.17) is 4.74 Å². The second kappa shape index (κ2) is 6.73. The van der Waals surface area contributed by atoms with E-state index in [1.165, 1.54) is 31.2 Å². The zero-order chi connectivity index (χ0) is 17.4. The number of rotatable bonds is 3. The van der Waals surface area contributed by atoms with Gasteiger partial charge in [0.05, 0.1) is 6.10 Å². The van der Waals surface area contributed by atoms with Gasteiger partial charge in [-0.1, -0.05) is 17.7 Å². The molecule has 1 amide bonds. The SMILES string of the molecule is Cc1ccc(C(=O)N2CCC[C@]3(CCN3C[C@@H]3CCCO3)C2)c(C)c1. The average molecular weight is 342 g/mol. The summed E-state index contributed by atoms with van der Waals surface area (Å²) < 4.78 is 5.84. The number of aryl methyl sites for hydroxylation is 2. The smallest absolute Gasteiger partial charge is 0.254 e. The molecule has 0 aliphatic carbocycles. The largest absolute Gasteiger partial charge is 0.377 e. The highest BCUT2D eigenvalue weighted by molar-refractivity contribution is 5.95. The predicted octanol–water partition coefficient (Wildman–Crippen LogP) is 3.16. The van der Waals surface area contributed by atoms with E-state index in [2.05, 4.69) is 22.8 Å². The van der Waals surface area contributed by atoms with Gasteiger partial charge in [-0.3, -0.25) is 9.69 Å². The zero-order valence-corrected chi connectivity index (χ0v) is 15.6. The molecule has 4 rings (SSSR count). The summed E-state index contributed by atoms with van der Waals surface area (Å²) in [4.78, 5) is 17.8. The molecule has 1 aromatic rings. The van der Waals surface area contributed by atoms with Crippen LogP contribution >= 0.6 is 0 Å². The van der Waals surface area contributed by atoms with Crippen molar-refractivity contribution < 1.29 is 9.53 Å². The highest BCUT2D eigenvalue weighted by Crippen LogP contribution is 2.39. The molecule has 1 aromatic carbocycles. The van der Waals surface area contributed by atoms with Crippen molar-refractivity contribution in [2.75, 3.05) is 32.8 Å². The van der Waals surface area contributed by atoms with Gasteiger partial charge in [0.25, 0.3) is 5.91 Å². The van der Waals surface area contributed by atoms with Crippen molar-refractivity contribution in [1.82, 2.24) is 9.80 Å².